The van der Waals surface area contributed by atoms with Crippen molar-refractivity contribution in [1.29, 1.82) is 0 Å². The van der Waals surface area contributed by atoms with Crippen molar-refractivity contribution in [2.24, 2.45) is 5.73 Å². The predicted molar refractivity (Wildman–Crippen MR) is 67.8 cm³/mol. The maximum absolute atomic E-state index is 13.6. The Balaban J connectivity index is 2.12. The quantitative estimate of drug-likeness (QED) is 0.792. The molecule has 1 amide bonds. The van der Waals surface area contributed by atoms with E-state index in [2.05, 4.69) is 31.8 Å². The van der Waals surface area contributed by atoms with E-state index >= 15 is 0 Å². The molecule has 0 saturated heterocycles. The average molecular weight is 274 g/mol. The van der Waals surface area contributed by atoms with Crippen molar-refractivity contribution in [3.63, 3.8) is 0 Å². The van der Waals surface area contributed by atoms with Crippen LogP contribution in [0.4, 0.5) is 4.39 Å². The number of carbonyl (C=O) groups is 1. The lowest BCUT2D eigenvalue weighted by Gasteiger charge is -2.04. The van der Waals surface area contributed by atoms with Crippen LogP contribution in [0.5, 0.6) is 0 Å². The molecule has 0 aliphatic carbocycles. The molecular formula is C13H11FN4O2. The third-order valence-electron chi connectivity index (χ3n) is 2.36. The number of hydrogen-bond acceptors (Lipinski definition) is 5. The highest BCUT2D eigenvalue weighted by Gasteiger charge is 2.12. The van der Waals surface area contributed by atoms with E-state index in [1.807, 2.05) is 0 Å². The Hall–Kier alpha value is -2.72. The highest BCUT2D eigenvalue weighted by Crippen LogP contribution is 2.10. The van der Waals surface area contributed by atoms with Gasteiger partial charge in [-0.15, -0.1) is 0 Å². The van der Waals surface area contributed by atoms with Crippen LogP contribution in [-0.2, 0) is 6.54 Å². The Morgan fingerprint density at radius 1 is 1.50 bits per heavy atom. The van der Waals surface area contributed by atoms with Crippen LogP contribution < -0.4 is 11.1 Å². The van der Waals surface area contributed by atoms with Crippen LogP contribution in [0.15, 0.2) is 29.1 Å². The van der Waals surface area contributed by atoms with Crippen LogP contribution in [0.2, 0.25) is 0 Å². The van der Waals surface area contributed by atoms with Gasteiger partial charge in [0.25, 0.3) is 5.91 Å². The van der Waals surface area contributed by atoms with Gasteiger partial charge in [0.1, 0.15) is 5.82 Å². The van der Waals surface area contributed by atoms with E-state index < -0.39 is 11.7 Å². The Morgan fingerprint density at radius 2 is 2.35 bits per heavy atom. The van der Waals surface area contributed by atoms with Gasteiger partial charge in [0.15, 0.2) is 5.82 Å². The first-order valence-electron chi connectivity index (χ1n) is 5.72. The Bertz CT molecular complexity index is 659. The lowest BCUT2D eigenvalue weighted by Crippen LogP contribution is -2.24. The van der Waals surface area contributed by atoms with E-state index in [0.29, 0.717) is 11.4 Å². The van der Waals surface area contributed by atoms with Crippen molar-refractivity contribution >= 4 is 5.91 Å². The fourth-order valence-electron chi connectivity index (χ4n) is 1.45. The lowest BCUT2D eigenvalue weighted by atomic mass is 10.1. The van der Waals surface area contributed by atoms with Crippen LogP contribution in [0.3, 0.4) is 0 Å². The average Bonchev–Trinajstić information content (AvgIpc) is 2.97. The summed E-state index contributed by atoms with van der Waals surface area (Å²) >= 11 is 0. The minimum absolute atomic E-state index is 0.0491. The van der Waals surface area contributed by atoms with Crippen LogP contribution in [0.1, 0.15) is 21.7 Å². The van der Waals surface area contributed by atoms with Gasteiger partial charge in [0.05, 0.1) is 18.7 Å². The second kappa shape index (κ2) is 6.45. The highest BCUT2D eigenvalue weighted by atomic mass is 19.1. The summed E-state index contributed by atoms with van der Waals surface area (Å²) < 4.78 is 18.1. The molecule has 0 spiro atoms. The molecular weight excluding hydrogens is 263 g/mol. The molecule has 1 heterocycles. The third-order valence-corrected chi connectivity index (χ3v) is 2.36. The standard InChI is InChI=1S/C13H11FN4O2/c14-11-4-3-9(2-1-5-15)6-10(11)13(19)16-7-12-17-8-20-18-12/h3-4,6,8H,5,7,15H2,(H,16,19). The molecule has 1 aromatic carbocycles. The van der Waals surface area contributed by atoms with Crippen molar-refractivity contribution in [3.8, 4) is 11.8 Å². The first kappa shape index (κ1) is 13.7. The summed E-state index contributed by atoms with van der Waals surface area (Å²) in [5.74, 6) is 4.46. The summed E-state index contributed by atoms with van der Waals surface area (Å²) in [6.07, 6.45) is 1.14. The minimum atomic E-state index is -0.631. The van der Waals surface area contributed by atoms with E-state index in [1.165, 1.54) is 18.2 Å². The van der Waals surface area contributed by atoms with Crippen LogP contribution in [0, 0.1) is 17.7 Å². The van der Waals surface area contributed by atoms with Crippen LogP contribution in [-0.4, -0.2) is 22.6 Å². The van der Waals surface area contributed by atoms with Gasteiger partial charge in [-0.3, -0.25) is 4.79 Å². The van der Waals surface area contributed by atoms with Crippen LogP contribution in [0.25, 0.3) is 0 Å². The number of amides is 1. The van der Waals surface area contributed by atoms with Gasteiger partial charge in [0, 0.05) is 5.56 Å². The van der Waals surface area contributed by atoms with Crippen molar-refractivity contribution in [1.82, 2.24) is 15.5 Å². The summed E-state index contributed by atoms with van der Waals surface area (Å²) in [5.41, 5.74) is 5.67. The number of benzene rings is 1. The molecule has 0 fully saturated rings. The fraction of sp³-hybridized carbons (Fsp3) is 0.154. The zero-order chi connectivity index (χ0) is 14.4. The van der Waals surface area contributed by atoms with E-state index in [1.54, 1.807) is 0 Å². The first-order chi connectivity index (χ1) is 9.70. The molecule has 0 bridgehead atoms. The van der Waals surface area contributed by atoms with Crippen LogP contribution >= 0.6 is 0 Å². The van der Waals surface area contributed by atoms with Gasteiger partial charge in [0.2, 0.25) is 6.39 Å². The van der Waals surface area contributed by atoms with Gasteiger partial charge < -0.3 is 15.6 Å². The Kier molecular flexibility index (Phi) is 4.42. The Morgan fingerprint density at radius 3 is 3.05 bits per heavy atom. The second-order valence-corrected chi connectivity index (χ2v) is 3.73. The van der Waals surface area contributed by atoms with Gasteiger partial charge in [-0.1, -0.05) is 17.0 Å². The minimum Gasteiger partial charge on any atom is -0.345 e. The van der Waals surface area contributed by atoms with Gasteiger partial charge in [-0.25, -0.2) is 4.39 Å². The number of halogens is 1. The highest BCUT2D eigenvalue weighted by molar-refractivity contribution is 5.94. The number of nitrogens with zero attached hydrogens (tertiary/aromatic N) is 2. The third kappa shape index (κ3) is 3.40. The van der Waals surface area contributed by atoms with Crippen molar-refractivity contribution in [2.75, 3.05) is 6.54 Å². The molecule has 3 N–H and O–H groups in total. The lowest BCUT2D eigenvalue weighted by molar-refractivity contribution is 0.0945. The molecule has 0 radical (unpaired) electrons. The molecule has 0 saturated carbocycles. The SMILES string of the molecule is NCC#Cc1ccc(F)c(C(=O)NCc2ncon2)c1. The van der Waals surface area contributed by atoms with Crippen molar-refractivity contribution < 1.29 is 13.7 Å². The molecule has 1 aromatic heterocycles. The largest absolute Gasteiger partial charge is 0.345 e. The van der Waals surface area contributed by atoms with E-state index in [9.17, 15) is 9.18 Å². The van der Waals surface area contributed by atoms with Gasteiger partial charge >= 0.3 is 0 Å². The molecule has 0 unspecified atom stereocenters. The molecule has 0 atom stereocenters. The van der Waals surface area contributed by atoms with E-state index in [-0.39, 0.29) is 18.7 Å². The number of hydrogen-bond donors (Lipinski definition) is 2. The first-order valence-corrected chi connectivity index (χ1v) is 5.72. The monoisotopic (exact) mass is 274 g/mol. The number of nitrogens with one attached hydrogen (secondary N) is 1. The topological polar surface area (TPSA) is 94.0 Å². The second-order valence-electron chi connectivity index (χ2n) is 3.73. The maximum Gasteiger partial charge on any atom is 0.254 e. The number of aromatic nitrogens is 2. The van der Waals surface area contributed by atoms with Gasteiger partial charge in [-0.2, -0.15) is 4.98 Å². The summed E-state index contributed by atoms with van der Waals surface area (Å²) in [6, 6.07) is 4.03. The van der Waals surface area contributed by atoms with E-state index in [4.69, 9.17) is 5.73 Å². The molecule has 102 valence electrons. The zero-order valence-electron chi connectivity index (χ0n) is 10.4. The number of carbonyl (C=O) groups excluding carboxylic acids is 1. The Labute approximate surface area is 114 Å². The molecule has 0 aliphatic heterocycles. The molecule has 7 heteroatoms. The smallest absolute Gasteiger partial charge is 0.254 e. The van der Waals surface area contributed by atoms with Gasteiger partial charge in [-0.05, 0) is 18.2 Å². The zero-order valence-corrected chi connectivity index (χ0v) is 10.4. The summed E-state index contributed by atoms with van der Waals surface area (Å²) in [6.45, 7) is 0.240. The number of rotatable bonds is 3. The molecule has 2 rings (SSSR count). The predicted octanol–water partition coefficient (Wildman–Crippen LogP) is 0.449. The van der Waals surface area contributed by atoms with Crippen molar-refractivity contribution in [2.45, 2.75) is 6.54 Å². The maximum atomic E-state index is 13.6. The molecule has 6 nitrogen and oxygen atoms in total. The summed E-state index contributed by atoms with van der Waals surface area (Å²) in [4.78, 5) is 15.6. The summed E-state index contributed by atoms with van der Waals surface area (Å²) in [7, 11) is 0. The summed E-state index contributed by atoms with van der Waals surface area (Å²) in [5, 5.41) is 6.02. The number of nitrogens with two attached hydrogens (primary N) is 1. The fourth-order valence-corrected chi connectivity index (χ4v) is 1.45. The van der Waals surface area contributed by atoms with Crippen molar-refractivity contribution in [3.05, 3.63) is 47.4 Å². The molecule has 0 aliphatic rings. The molecule has 20 heavy (non-hydrogen) atoms. The van der Waals surface area contributed by atoms with E-state index in [0.717, 1.165) is 6.39 Å². The normalized spacial score (nSPS) is 9.70. The molecule has 2 aromatic rings.